The number of aromatic nitrogens is 2. The van der Waals surface area contributed by atoms with E-state index in [1.807, 2.05) is 19.2 Å². The Morgan fingerprint density at radius 2 is 1.95 bits per heavy atom. The smallest absolute Gasteiger partial charge is 0.147 e. The van der Waals surface area contributed by atoms with Crippen LogP contribution in [0.1, 0.15) is 37.0 Å². The number of hydrogen-bond donors (Lipinski definition) is 2. The van der Waals surface area contributed by atoms with E-state index in [1.165, 1.54) is 0 Å². The molecule has 0 aliphatic rings. The van der Waals surface area contributed by atoms with Gasteiger partial charge in [0.15, 0.2) is 0 Å². The predicted molar refractivity (Wildman–Crippen MR) is 91.9 cm³/mol. The number of pyridine rings is 1. The highest BCUT2D eigenvalue weighted by molar-refractivity contribution is 7.09. The number of rotatable bonds is 6. The Balaban J connectivity index is 2.18. The summed E-state index contributed by atoms with van der Waals surface area (Å²) in [4.78, 5) is 8.94. The third-order valence-corrected chi connectivity index (χ3v) is 4.55. The fourth-order valence-corrected chi connectivity index (χ4v) is 3.06. The lowest BCUT2D eigenvalue weighted by molar-refractivity contribution is 0.855. The molecule has 0 aromatic carbocycles. The minimum absolute atomic E-state index is 0.0360. The third kappa shape index (κ3) is 4.22. The minimum Gasteiger partial charge on any atom is -0.369 e. The molecular formula is C14H18Cl2N4S. The number of nitrogens with zero attached hydrogens (tertiary/aromatic N) is 2. The molecule has 1 unspecified atom stereocenters. The molecule has 114 valence electrons. The summed E-state index contributed by atoms with van der Waals surface area (Å²) < 4.78 is 0. The summed E-state index contributed by atoms with van der Waals surface area (Å²) in [6, 6.07) is 1.74. The number of nitrogens with one attached hydrogen (secondary N) is 2. The first kappa shape index (κ1) is 16.3. The fraction of sp³-hybridized carbons (Fsp3) is 0.429. The average molecular weight is 345 g/mol. The topological polar surface area (TPSA) is 49.8 Å². The van der Waals surface area contributed by atoms with Gasteiger partial charge in [-0.05, 0) is 26.3 Å². The molecule has 21 heavy (non-hydrogen) atoms. The summed E-state index contributed by atoms with van der Waals surface area (Å²) >= 11 is 14.0. The van der Waals surface area contributed by atoms with E-state index < -0.39 is 0 Å². The quantitative estimate of drug-likeness (QED) is 0.760. The van der Waals surface area contributed by atoms with Crippen LogP contribution >= 0.6 is 34.5 Å². The van der Waals surface area contributed by atoms with Gasteiger partial charge < -0.3 is 10.6 Å². The zero-order valence-corrected chi connectivity index (χ0v) is 14.5. The van der Waals surface area contributed by atoms with Crippen molar-refractivity contribution in [2.75, 3.05) is 17.2 Å². The van der Waals surface area contributed by atoms with Gasteiger partial charge in [0.05, 0.1) is 16.1 Å². The zero-order valence-electron chi connectivity index (χ0n) is 12.2. The molecule has 7 heteroatoms. The maximum absolute atomic E-state index is 6.22. The van der Waals surface area contributed by atoms with Gasteiger partial charge in [0.1, 0.15) is 16.6 Å². The molecule has 0 saturated heterocycles. The molecule has 2 aromatic heterocycles. The van der Waals surface area contributed by atoms with Gasteiger partial charge in [0.25, 0.3) is 0 Å². The number of thiazole rings is 1. The maximum Gasteiger partial charge on any atom is 0.147 e. The molecule has 0 spiro atoms. The zero-order chi connectivity index (χ0) is 15.4. The Hall–Kier alpha value is -1.04. The Bertz CT molecular complexity index is 615. The van der Waals surface area contributed by atoms with Crippen LogP contribution in [0.5, 0.6) is 0 Å². The van der Waals surface area contributed by atoms with Crippen molar-refractivity contribution in [2.24, 2.45) is 0 Å². The van der Waals surface area contributed by atoms with Crippen molar-refractivity contribution in [1.82, 2.24) is 9.97 Å². The monoisotopic (exact) mass is 344 g/mol. The Kier molecular flexibility index (Phi) is 5.67. The van der Waals surface area contributed by atoms with Gasteiger partial charge in [-0.15, -0.1) is 11.3 Å². The normalized spacial score (nSPS) is 12.2. The molecule has 2 N–H and O–H groups in total. The van der Waals surface area contributed by atoms with Crippen molar-refractivity contribution in [3.8, 4) is 0 Å². The lowest BCUT2D eigenvalue weighted by Crippen LogP contribution is -2.10. The van der Waals surface area contributed by atoms with E-state index in [0.717, 1.165) is 23.7 Å². The van der Waals surface area contributed by atoms with Crippen molar-refractivity contribution in [1.29, 1.82) is 0 Å². The van der Waals surface area contributed by atoms with E-state index >= 15 is 0 Å². The highest BCUT2D eigenvalue weighted by Crippen LogP contribution is 2.31. The second-order valence-corrected chi connectivity index (χ2v) is 6.47. The fourth-order valence-electron chi connectivity index (χ4n) is 1.77. The highest BCUT2D eigenvalue weighted by atomic mass is 35.5. The first-order valence-electron chi connectivity index (χ1n) is 6.79. The third-order valence-electron chi connectivity index (χ3n) is 2.83. The van der Waals surface area contributed by atoms with Gasteiger partial charge in [0.2, 0.25) is 0 Å². The molecule has 0 saturated carbocycles. The van der Waals surface area contributed by atoms with Crippen LogP contribution in [0, 0.1) is 6.92 Å². The van der Waals surface area contributed by atoms with Gasteiger partial charge in [-0.3, -0.25) is 0 Å². The van der Waals surface area contributed by atoms with Gasteiger partial charge in [0, 0.05) is 17.6 Å². The molecule has 0 radical (unpaired) electrons. The number of aryl methyl sites for hydroxylation is 1. The Morgan fingerprint density at radius 3 is 2.57 bits per heavy atom. The molecule has 0 aliphatic heterocycles. The van der Waals surface area contributed by atoms with Crippen molar-refractivity contribution < 1.29 is 0 Å². The maximum atomic E-state index is 6.22. The average Bonchev–Trinajstić information content (AvgIpc) is 2.87. The second kappa shape index (κ2) is 7.29. The standard InChI is InChI=1S/C14H18Cl2N4S/c1-4-5-17-12-10(15)6-11(16)13(20-12)19-9(3)14-18-8(2)7-21-14/h6-7,9H,4-5H2,1-3H3,(H2,17,19,20). The van der Waals surface area contributed by atoms with Gasteiger partial charge in [-0.25, -0.2) is 9.97 Å². The predicted octanol–water partition coefficient (Wildman–Crippen LogP) is 5.15. The van der Waals surface area contributed by atoms with Crippen LogP contribution in [0.25, 0.3) is 0 Å². The van der Waals surface area contributed by atoms with Crippen LogP contribution in [0.2, 0.25) is 10.0 Å². The van der Waals surface area contributed by atoms with E-state index in [-0.39, 0.29) is 6.04 Å². The van der Waals surface area contributed by atoms with Gasteiger partial charge in [-0.1, -0.05) is 30.1 Å². The van der Waals surface area contributed by atoms with E-state index in [1.54, 1.807) is 17.4 Å². The molecule has 0 amide bonds. The van der Waals surface area contributed by atoms with Crippen LogP contribution in [0.3, 0.4) is 0 Å². The SMILES string of the molecule is CCCNc1nc(NC(C)c2nc(C)cs2)c(Cl)cc1Cl. The molecule has 4 nitrogen and oxygen atoms in total. The minimum atomic E-state index is 0.0360. The Morgan fingerprint density at radius 1 is 1.24 bits per heavy atom. The van der Waals surface area contributed by atoms with Crippen molar-refractivity contribution >= 4 is 46.2 Å². The largest absolute Gasteiger partial charge is 0.369 e. The summed E-state index contributed by atoms with van der Waals surface area (Å²) in [5.41, 5.74) is 1.02. The van der Waals surface area contributed by atoms with Crippen molar-refractivity contribution in [2.45, 2.75) is 33.2 Å². The van der Waals surface area contributed by atoms with E-state index in [2.05, 4.69) is 27.5 Å². The van der Waals surface area contributed by atoms with Crippen LogP contribution < -0.4 is 10.6 Å². The molecule has 0 fully saturated rings. The molecule has 1 atom stereocenters. The van der Waals surface area contributed by atoms with Crippen molar-refractivity contribution in [3.05, 3.63) is 32.2 Å². The lowest BCUT2D eigenvalue weighted by Gasteiger charge is -2.15. The lowest BCUT2D eigenvalue weighted by atomic mass is 10.3. The first-order valence-corrected chi connectivity index (χ1v) is 8.43. The molecular weight excluding hydrogens is 327 g/mol. The highest BCUT2D eigenvalue weighted by Gasteiger charge is 2.14. The van der Waals surface area contributed by atoms with E-state index in [0.29, 0.717) is 21.7 Å². The van der Waals surface area contributed by atoms with Crippen LogP contribution in [0.4, 0.5) is 11.6 Å². The Labute approximate surface area is 138 Å². The van der Waals surface area contributed by atoms with Crippen LogP contribution in [-0.4, -0.2) is 16.5 Å². The summed E-state index contributed by atoms with van der Waals surface area (Å²) in [5.74, 6) is 1.26. The number of anilines is 2. The summed E-state index contributed by atoms with van der Waals surface area (Å²) in [6.45, 7) is 6.91. The molecule has 0 aliphatic carbocycles. The first-order chi connectivity index (χ1) is 10.0. The van der Waals surface area contributed by atoms with E-state index in [4.69, 9.17) is 23.2 Å². The summed E-state index contributed by atoms with van der Waals surface area (Å²) in [7, 11) is 0. The molecule has 2 rings (SSSR count). The van der Waals surface area contributed by atoms with Crippen LogP contribution in [-0.2, 0) is 0 Å². The number of halogens is 2. The van der Waals surface area contributed by atoms with E-state index in [9.17, 15) is 0 Å². The number of hydrogen-bond acceptors (Lipinski definition) is 5. The van der Waals surface area contributed by atoms with Gasteiger partial charge in [-0.2, -0.15) is 0 Å². The molecule has 2 aromatic rings. The van der Waals surface area contributed by atoms with Gasteiger partial charge >= 0.3 is 0 Å². The summed E-state index contributed by atoms with van der Waals surface area (Å²) in [6.07, 6.45) is 0.998. The van der Waals surface area contributed by atoms with Crippen LogP contribution in [0.15, 0.2) is 11.4 Å². The second-order valence-electron chi connectivity index (χ2n) is 4.77. The molecule has 2 heterocycles. The van der Waals surface area contributed by atoms with Crippen molar-refractivity contribution in [3.63, 3.8) is 0 Å². The molecule has 0 bridgehead atoms. The summed E-state index contributed by atoms with van der Waals surface area (Å²) in [5, 5.41) is 10.5.